The largest absolute Gasteiger partial charge is 0.398 e. The number of nitrogens with two attached hydrogens (primary N) is 1. The van der Waals surface area contributed by atoms with Crippen LogP contribution in [-0.2, 0) is 21.3 Å². The molecule has 0 bridgehead atoms. The number of halogens is 1. The van der Waals surface area contributed by atoms with Crippen molar-refractivity contribution < 1.29 is 8.95 Å². The molecular formula is C12H16ClNO2S. The van der Waals surface area contributed by atoms with Crippen molar-refractivity contribution >= 4 is 28.1 Å². The molecule has 1 heterocycles. The Kier molecular flexibility index (Phi) is 4.07. The predicted octanol–water partition coefficient (Wildman–Crippen LogP) is 2.35. The Morgan fingerprint density at radius 3 is 2.94 bits per heavy atom. The van der Waals surface area contributed by atoms with Crippen LogP contribution in [0.25, 0.3) is 0 Å². The van der Waals surface area contributed by atoms with Gasteiger partial charge in [0, 0.05) is 33.7 Å². The SMILES string of the molecule is CC1OCCC1S(=O)Cc1c(N)cccc1Cl. The normalized spacial score (nSPS) is 26.0. The molecule has 0 radical (unpaired) electrons. The number of nitrogen functional groups attached to an aromatic ring is 1. The van der Waals surface area contributed by atoms with Crippen molar-refractivity contribution in [2.24, 2.45) is 0 Å². The maximum Gasteiger partial charge on any atom is 0.0691 e. The van der Waals surface area contributed by atoms with Gasteiger partial charge >= 0.3 is 0 Å². The highest BCUT2D eigenvalue weighted by Gasteiger charge is 2.30. The third-order valence-corrected chi connectivity index (χ3v) is 5.31. The molecule has 0 aromatic heterocycles. The molecule has 5 heteroatoms. The molecule has 1 aliphatic heterocycles. The van der Waals surface area contributed by atoms with Crippen LogP contribution in [0.15, 0.2) is 18.2 Å². The van der Waals surface area contributed by atoms with E-state index in [-0.39, 0.29) is 11.4 Å². The predicted molar refractivity (Wildman–Crippen MR) is 71.5 cm³/mol. The van der Waals surface area contributed by atoms with Gasteiger partial charge in [-0.15, -0.1) is 0 Å². The molecule has 1 aliphatic rings. The lowest BCUT2D eigenvalue weighted by molar-refractivity contribution is 0.127. The maximum absolute atomic E-state index is 12.2. The summed E-state index contributed by atoms with van der Waals surface area (Å²) in [5, 5.41) is 0.676. The number of benzene rings is 1. The minimum atomic E-state index is -0.986. The molecule has 17 heavy (non-hydrogen) atoms. The Morgan fingerprint density at radius 2 is 2.35 bits per heavy atom. The number of hydrogen-bond acceptors (Lipinski definition) is 3. The number of ether oxygens (including phenoxy) is 1. The first-order valence-corrected chi connectivity index (χ1v) is 7.37. The molecular weight excluding hydrogens is 258 g/mol. The molecule has 2 rings (SSSR count). The molecule has 3 nitrogen and oxygen atoms in total. The van der Waals surface area contributed by atoms with Crippen LogP contribution < -0.4 is 5.73 Å². The molecule has 0 amide bonds. The van der Waals surface area contributed by atoms with E-state index in [1.807, 2.05) is 6.92 Å². The Bertz CT molecular complexity index is 418. The summed E-state index contributed by atoms with van der Waals surface area (Å²) in [7, 11) is -0.986. The smallest absolute Gasteiger partial charge is 0.0691 e. The van der Waals surface area contributed by atoms with Crippen molar-refractivity contribution in [2.75, 3.05) is 12.3 Å². The van der Waals surface area contributed by atoms with Gasteiger partial charge in [0.2, 0.25) is 0 Å². The topological polar surface area (TPSA) is 52.3 Å². The Labute approximate surface area is 109 Å². The number of hydrogen-bond donors (Lipinski definition) is 1. The molecule has 0 spiro atoms. The number of anilines is 1. The first-order valence-electron chi connectivity index (χ1n) is 5.61. The Balaban J connectivity index is 2.13. The van der Waals surface area contributed by atoms with Crippen LogP contribution in [0, 0.1) is 0 Å². The molecule has 94 valence electrons. The summed E-state index contributed by atoms with van der Waals surface area (Å²) in [6, 6.07) is 5.36. The van der Waals surface area contributed by atoms with E-state index in [9.17, 15) is 4.21 Å². The highest BCUT2D eigenvalue weighted by Crippen LogP contribution is 2.27. The molecule has 0 aliphatic carbocycles. The lowest BCUT2D eigenvalue weighted by atomic mass is 10.2. The first kappa shape index (κ1) is 12.9. The molecule has 1 aromatic rings. The Morgan fingerprint density at radius 1 is 1.59 bits per heavy atom. The average molecular weight is 274 g/mol. The van der Waals surface area contributed by atoms with Crippen molar-refractivity contribution in [3.05, 3.63) is 28.8 Å². The monoisotopic (exact) mass is 273 g/mol. The van der Waals surface area contributed by atoms with Crippen LogP contribution in [0.2, 0.25) is 5.02 Å². The standard InChI is InChI=1S/C12H16ClNO2S/c1-8-12(5-6-16-8)17(15)7-9-10(13)3-2-4-11(9)14/h2-4,8,12H,5-7,14H2,1H3. The third-order valence-electron chi connectivity index (χ3n) is 3.09. The summed E-state index contributed by atoms with van der Waals surface area (Å²) in [5.41, 5.74) is 7.25. The fourth-order valence-electron chi connectivity index (χ4n) is 2.03. The molecule has 1 saturated heterocycles. The van der Waals surface area contributed by atoms with E-state index >= 15 is 0 Å². The summed E-state index contributed by atoms with van der Waals surface area (Å²) in [4.78, 5) is 0. The van der Waals surface area contributed by atoms with E-state index < -0.39 is 10.8 Å². The van der Waals surface area contributed by atoms with Gasteiger partial charge in [0.05, 0.1) is 17.1 Å². The van der Waals surface area contributed by atoms with Crippen LogP contribution in [0.4, 0.5) is 5.69 Å². The highest BCUT2D eigenvalue weighted by atomic mass is 35.5. The zero-order valence-corrected chi connectivity index (χ0v) is 11.3. The van der Waals surface area contributed by atoms with Crippen molar-refractivity contribution in [1.82, 2.24) is 0 Å². The van der Waals surface area contributed by atoms with Crippen LogP contribution in [0.5, 0.6) is 0 Å². The zero-order chi connectivity index (χ0) is 12.4. The molecule has 3 unspecified atom stereocenters. The van der Waals surface area contributed by atoms with Crippen molar-refractivity contribution in [3.8, 4) is 0 Å². The molecule has 0 saturated carbocycles. The average Bonchev–Trinajstić information content (AvgIpc) is 2.70. The van der Waals surface area contributed by atoms with Gasteiger partial charge in [0.25, 0.3) is 0 Å². The quantitative estimate of drug-likeness (QED) is 0.860. The highest BCUT2D eigenvalue weighted by molar-refractivity contribution is 7.84. The van der Waals surface area contributed by atoms with Crippen LogP contribution in [-0.4, -0.2) is 22.2 Å². The minimum absolute atomic E-state index is 0.0551. The number of rotatable bonds is 3. The first-order chi connectivity index (χ1) is 8.09. The van der Waals surface area contributed by atoms with Crippen LogP contribution >= 0.6 is 11.6 Å². The van der Waals surface area contributed by atoms with Crippen molar-refractivity contribution in [3.63, 3.8) is 0 Å². The van der Waals surface area contributed by atoms with E-state index in [0.717, 1.165) is 12.0 Å². The molecule has 2 N–H and O–H groups in total. The van der Waals surface area contributed by atoms with Gasteiger partial charge in [-0.1, -0.05) is 17.7 Å². The van der Waals surface area contributed by atoms with Gasteiger partial charge < -0.3 is 10.5 Å². The minimum Gasteiger partial charge on any atom is -0.398 e. The summed E-state index contributed by atoms with van der Waals surface area (Å²) >= 11 is 6.07. The van der Waals surface area contributed by atoms with Gasteiger partial charge in [-0.3, -0.25) is 4.21 Å². The van der Waals surface area contributed by atoms with Gasteiger partial charge in [-0.05, 0) is 25.5 Å². The second-order valence-electron chi connectivity index (χ2n) is 4.24. The van der Waals surface area contributed by atoms with Crippen molar-refractivity contribution in [2.45, 2.75) is 30.5 Å². The Hall–Kier alpha value is -0.580. The maximum atomic E-state index is 12.2. The van der Waals surface area contributed by atoms with Crippen LogP contribution in [0.1, 0.15) is 18.9 Å². The van der Waals surface area contributed by atoms with E-state index in [2.05, 4.69) is 0 Å². The fourth-order valence-corrected chi connectivity index (χ4v) is 4.05. The second-order valence-corrected chi connectivity index (χ2v) is 6.30. The lowest BCUT2D eigenvalue weighted by Crippen LogP contribution is -2.24. The van der Waals surface area contributed by atoms with Gasteiger partial charge in [0.1, 0.15) is 0 Å². The second kappa shape index (κ2) is 5.38. The summed E-state index contributed by atoms with van der Waals surface area (Å²) in [6.45, 7) is 2.65. The molecule has 3 atom stereocenters. The van der Waals surface area contributed by atoms with Crippen LogP contribution in [0.3, 0.4) is 0 Å². The van der Waals surface area contributed by atoms with Gasteiger partial charge in [-0.2, -0.15) is 0 Å². The molecule has 1 fully saturated rings. The third kappa shape index (κ3) is 2.81. The summed E-state index contributed by atoms with van der Waals surface area (Å²) < 4.78 is 17.7. The summed E-state index contributed by atoms with van der Waals surface area (Å²) in [6.07, 6.45) is 0.901. The fraction of sp³-hybridized carbons (Fsp3) is 0.500. The van der Waals surface area contributed by atoms with E-state index in [4.69, 9.17) is 22.1 Å². The summed E-state index contributed by atoms with van der Waals surface area (Å²) in [5.74, 6) is 0.407. The van der Waals surface area contributed by atoms with Gasteiger partial charge in [-0.25, -0.2) is 0 Å². The zero-order valence-electron chi connectivity index (χ0n) is 9.69. The van der Waals surface area contributed by atoms with E-state index in [0.29, 0.717) is 23.1 Å². The lowest BCUT2D eigenvalue weighted by Gasteiger charge is -2.15. The van der Waals surface area contributed by atoms with E-state index in [1.165, 1.54) is 0 Å². The van der Waals surface area contributed by atoms with E-state index in [1.54, 1.807) is 18.2 Å². The molecule has 1 aromatic carbocycles. The van der Waals surface area contributed by atoms with Gasteiger partial charge in [0.15, 0.2) is 0 Å². The van der Waals surface area contributed by atoms with Crippen molar-refractivity contribution in [1.29, 1.82) is 0 Å².